The average Bonchev–Trinajstić information content (AvgIpc) is 3.41. The van der Waals surface area contributed by atoms with E-state index in [0.717, 1.165) is 11.1 Å². The Hall–Kier alpha value is -2.94. The lowest BCUT2D eigenvalue weighted by Crippen LogP contribution is -2.57. The molecule has 2 aromatic carbocycles. The van der Waals surface area contributed by atoms with E-state index >= 15 is 0 Å². The molecule has 3 amide bonds. The van der Waals surface area contributed by atoms with Crippen LogP contribution >= 0.6 is 11.6 Å². The Balaban J connectivity index is 1.62. The van der Waals surface area contributed by atoms with Gasteiger partial charge in [-0.15, -0.1) is 0 Å². The first-order valence-electron chi connectivity index (χ1n) is 13.0. The lowest BCUT2D eigenvalue weighted by Gasteiger charge is -2.37. The molecule has 38 heavy (non-hydrogen) atoms. The number of likely N-dealkylation sites (tertiary alicyclic amines) is 1. The Morgan fingerprint density at radius 3 is 2.53 bits per heavy atom. The Kier molecular flexibility index (Phi) is 6.78. The lowest BCUT2D eigenvalue weighted by molar-refractivity contribution is -0.149. The Bertz CT molecular complexity index is 1250. The van der Waals surface area contributed by atoms with E-state index in [2.05, 4.69) is 10.6 Å². The summed E-state index contributed by atoms with van der Waals surface area (Å²) in [6.07, 6.45) is 0.783. The van der Waals surface area contributed by atoms with Gasteiger partial charge in [-0.25, -0.2) is 0 Å². The van der Waals surface area contributed by atoms with Crippen LogP contribution in [-0.2, 0) is 25.5 Å². The molecule has 7 atom stereocenters. The number of hydrogen-bond donors (Lipinski definition) is 3. The standard InChI is InChI=1S/C29H34ClN3O5/c1-16-9-8-12-20(30)23(16)32-26(36)24-29-14-17(2)28(3,38-29)21(25(35)31-4)22(29)27(37)33(24)19(15-34)13-18-10-6-5-7-11-18/h5-12,17,19,21-22,24,34H,13-15H2,1-4H3,(H,31,35)(H,32,36)/t17?,19-,21-,22+,24?,28+,29?/m1/s1. The van der Waals surface area contributed by atoms with E-state index in [0.29, 0.717) is 23.6 Å². The van der Waals surface area contributed by atoms with Gasteiger partial charge in [-0.05, 0) is 49.8 Å². The van der Waals surface area contributed by atoms with Gasteiger partial charge < -0.3 is 25.4 Å². The first-order valence-corrected chi connectivity index (χ1v) is 13.4. The number of ether oxygens (including phenoxy) is 1. The van der Waals surface area contributed by atoms with Gasteiger partial charge in [-0.1, -0.05) is 61.0 Å². The van der Waals surface area contributed by atoms with Gasteiger partial charge in [0.15, 0.2) is 0 Å². The number of benzene rings is 2. The number of halogens is 1. The summed E-state index contributed by atoms with van der Waals surface area (Å²) >= 11 is 6.44. The Morgan fingerprint density at radius 2 is 1.89 bits per heavy atom. The third kappa shape index (κ3) is 3.84. The van der Waals surface area contributed by atoms with Crippen LogP contribution in [0.3, 0.4) is 0 Å². The van der Waals surface area contributed by atoms with Gasteiger partial charge in [0.1, 0.15) is 11.6 Å². The van der Waals surface area contributed by atoms with Crippen molar-refractivity contribution in [1.82, 2.24) is 10.2 Å². The highest BCUT2D eigenvalue weighted by atomic mass is 35.5. The zero-order valence-corrected chi connectivity index (χ0v) is 22.8. The van der Waals surface area contributed by atoms with E-state index in [9.17, 15) is 19.5 Å². The third-order valence-electron chi connectivity index (χ3n) is 8.92. The number of para-hydroxylation sites is 1. The van der Waals surface area contributed by atoms with E-state index in [-0.39, 0.29) is 24.3 Å². The van der Waals surface area contributed by atoms with Crippen molar-refractivity contribution in [1.29, 1.82) is 0 Å². The summed E-state index contributed by atoms with van der Waals surface area (Å²) in [5.74, 6) is -2.77. The van der Waals surface area contributed by atoms with Gasteiger partial charge in [0.2, 0.25) is 17.7 Å². The van der Waals surface area contributed by atoms with Crippen LogP contribution in [0, 0.1) is 24.7 Å². The zero-order chi connectivity index (χ0) is 27.4. The van der Waals surface area contributed by atoms with E-state index < -0.39 is 41.0 Å². The fraction of sp³-hybridized carbons (Fsp3) is 0.483. The third-order valence-corrected chi connectivity index (χ3v) is 9.23. The molecular weight excluding hydrogens is 506 g/mol. The predicted octanol–water partition coefficient (Wildman–Crippen LogP) is 2.95. The number of rotatable bonds is 7. The van der Waals surface area contributed by atoms with Crippen molar-refractivity contribution in [2.75, 3.05) is 19.0 Å². The number of nitrogens with zero attached hydrogens (tertiary/aromatic N) is 1. The first-order chi connectivity index (χ1) is 18.1. The van der Waals surface area contributed by atoms with E-state index in [1.165, 1.54) is 4.90 Å². The largest absolute Gasteiger partial charge is 0.394 e. The molecule has 8 nitrogen and oxygen atoms in total. The number of aliphatic hydroxyl groups is 1. The van der Waals surface area contributed by atoms with Crippen LogP contribution in [-0.4, -0.2) is 64.7 Å². The van der Waals surface area contributed by atoms with Crippen molar-refractivity contribution in [3.05, 3.63) is 64.7 Å². The number of carbonyl (C=O) groups is 3. The first kappa shape index (κ1) is 26.7. The molecule has 3 aliphatic heterocycles. The quantitative estimate of drug-likeness (QED) is 0.501. The van der Waals surface area contributed by atoms with Crippen LogP contribution in [0.25, 0.3) is 0 Å². The smallest absolute Gasteiger partial charge is 0.250 e. The molecule has 3 fully saturated rings. The molecule has 3 saturated heterocycles. The normalized spacial score (nSPS) is 32.3. The highest BCUT2D eigenvalue weighted by Crippen LogP contribution is 2.65. The second-order valence-corrected chi connectivity index (χ2v) is 11.4. The molecule has 0 aromatic heterocycles. The maximum atomic E-state index is 14.3. The van der Waals surface area contributed by atoms with Crippen molar-refractivity contribution in [3.8, 4) is 0 Å². The van der Waals surface area contributed by atoms with Crippen LogP contribution < -0.4 is 10.6 Å². The number of anilines is 1. The molecule has 0 aliphatic carbocycles. The summed E-state index contributed by atoms with van der Waals surface area (Å²) in [5, 5.41) is 16.6. The second-order valence-electron chi connectivity index (χ2n) is 11.0. The summed E-state index contributed by atoms with van der Waals surface area (Å²) < 4.78 is 6.70. The van der Waals surface area contributed by atoms with Crippen LogP contribution in [0.15, 0.2) is 48.5 Å². The molecule has 9 heteroatoms. The highest BCUT2D eigenvalue weighted by Gasteiger charge is 2.80. The SMILES string of the molecule is CNC(=O)[C@H]1[C@H]2C(=O)N([C@@H](CO)Cc3ccccc3)C(C(=O)Nc3c(C)cccc3Cl)C23CC(C)[C@]1(C)O3. The summed E-state index contributed by atoms with van der Waals surface area (Å²) in [5.41, 5.74) is 0.0395. The summed E-state index contributed by atoms with van der Waals surface area (Å²) in [6.45, 7) is 5.35. The van der Waals surface area contributed by atoms with Gasteiger partial charge >= 0.3 is 0 Å². The Labute approximate surface area is 227 Å². The maximum Gasteiger partial charge on any atom is 0.250 e. The minimum Gasteiger partial charge on any atom is -0.394 e. The van der Waals surface area contributed by atoms with Crippen LogP contribution in [0.4, 0.5) is 5.69 Å². The molecule has 3 unspecified atom stereocenters. The predicted molar refractivity (Wildman–Crippen MR) is 144 cm³/mol. The molecule has 3 heterocycles. The van der Waals surface area contributed by atoms with Crippen molar-refractivity contribution in [2.24, 2.45) is 17.8 Å². The van der Waals surface area contributed by atoms with Gasteiger partial charge in [0.25, 0.3) is 0 Å². The number of aliphatic hydroxyl groups excluding tert-OH is 1. The number of fused-ring (bicyclic) bond motifs is 1. The molecule has 2 bridgehead atoms. The van der Waals surface area contributed by atoms with Gasteiger partial charge in [0, 0.05) is 7.05 Å². The van der Waals surface area contributed by atoms with Crippen molar-refractivity contribution < 1.29 is 24.2 Å². The van der Waals surface area contributed by atoms with Gasteiger partial charge in [-0.2, -0.15) is 0 Å². The fourth-order valence-electron chi connectivity index (χ4n) is 7.04. The van der Waals surface area contributed by atoms with Crippen molar-refractivity contribution in [3.63, 3.8) is 0 Å². The van der Waals surface area contributed by atoms with E-state index in [1.807, 2.05) is 57.2 Å². The molecule has 5 rings (SSSR count). The summed E-state index contributed by atoms with van der Waals surface area (Å²) in [6, 6.07) is 13.1. The highest BCUT2D eigenvalue weighted by molar-refractivity contribution is 6.34. The summed E-state index contributed by atoms with van der Waals surface area (Å²) in [4.78, 5) is 43.2. The second kappa shape index (κ2) is 9.67. The molecule has 2 aromatic rings. The fourth-order valence-corrected chi connectivity index (χ4v) is 7.31. The monoisotopic (exact) mass is 539 g/mol. The molecular formula is C29H34ClN3O5. The van der Waals surface area contributed by atoms with Crippen molar-refractivity contribution in [2.45, 2.75) is 56.9 Å². The number of amides is 3. The van der Waals surface area contributed by atoms with Crippen LogP contribution in [0.1, 0.15) is 31.4 Å². The molecule has 1 spiro atoms. The maximum absolute atomic E-state index is 14.3. The molecule has 3 N–H and O–H groups in total. The topological polar surface area (TPSA) is 108 Å². The molecule has 0 radical (unpaired) electrons. The molecule has 0 saturated carbocycles. The molecule has 202 valence electrons. The number of carbonyl (C=O) groups excluding carboxylic acids is 3. The number of hydrogen-bond acceptors (Lipinski definition) is 5. The van der Waals surface area contributed by atoms with Crippen molar-refractivity contribution >= 4 is 35.0 Å². The van der Waals surface area contributed by atoms with E-state index in [4.69, 9.17) is 16.3 Å². The lowest BCUT2D eigenvalue weighted by atomic mass is 9.62. The minimum absolute atomic E-state index is 0.0761. The van der Waals surface area contributed by atoms with Gasteiger partial charge in [-0.3, -0.25) is 14.4 Å². The Morgan fingerprint density at radius 1 is 1.18 bits per heavy atom. The number of nitrogens with one attached hydrogen (secondary N) is 2. The summed E-state index contributed by atoms with van der Waals surface area (Å²) in [7, 11) is 1.54. The number of aryl methyl sites for hydroxylation is 1. The van der Waals surface area contributed by atoms with Crippen LogP contribution in [0.5, 0.6) is 0 Å². The van der Waals surface area contributed by atoms with Gasteiger partial charge in [0.05, 0.1) is 40.8 Å². The average molecular weight is 540 g/mol. The van der Waals surface area contributed by atoms with E-state index in [1.54, 1.807) is 19.2 Å². The zero-order valence-electron chi connectivity index (χ0n) is 22.0. The minimum atomic E-state index is -1.22. The molecule has 3 aliphatic rings. The van der Waals surface area contributed by atoms with Crippen LogP contribution in [0.2, 0.25) is 5.02 Å².